The summed E-state index contributed by atoms with van der Waals surface area (Å²) in [5.41, 5.74) is 0.760. The van der Waals surface area contributed by atoms with Crippen LogP contribution in [0, 0.1) is 0 Å². The van der Waals surface area contributed by atoms with Crippen molar-refractivity contribution < 1.29 is 14.6 Å². The highest BCUT2D eigenvalue weighted by Gasteiger charge is 2.01. The SMILES string of the molecule is COCCN(C)c1ccc(/C=C/C(=O)O)cn1. The van der Waals surface area contributed by atoms with Gasteiger partial charge in [0.1, 0.15) is 5.82 Å². The summed E-state index contributed by atoms with van der Waals surface area (Å²) < 4.78 is 4.98. The third-order valence-corrected chi connectivity index (χ3v) is 2.21. The van der Waals surface area contributed by atoms with E-state index in [2.05, 4.69) is 4.98 Å². The summed E-state index contributed by atoms with van der Waals surface area (Å²) in [7, 11) is 3.58. The molecule has 0 aliphatic rings. The van der Waals surface area contributed by atoms with Crippen LogP contribution >= 0.6 is 0 Å². The van der Waals surface area contributed by atoms with Crippen LogP contribution in [0.5, 0.6) is 0 Å². The quantitative estimate of drug-likeness (QED) is 0.753. The fraction of sp³-hybridized carbons (Fsp3) is 0.333. The molecule has 0 saturated heterocycles. The van der Waals surface area contributed by atoms with Gasteiger partial charge in [-0.25, -0.2) is 9.78 Å². The van der Waals surface area contributed by atoms with Crippen molar-refractivity contribution in [1.29, 1.82) is 0 Å². The monoisotopic (exact) mass is 236 g/mol. The van der Waals surface area contributed by atoms with Crippen LogP contribution in [0.4, 0.5) is 5.82 Å². The lowest BCUT2D eigenvalue weighted by Crippen LogP contribution is -2.22. The van der Waals surface area contributed by atoms with E-state index >= 15 is 0 Å². The van der Waals surface area contributed by atoms with E-state index in [1.54, 1.807) is 13.3 Å². The topological polar surface area (TPSA) is 62.7 Å². The van der Waals surface area contributed by atoms with Crippen molar-refractivity contribution in [2.45, 2.75) is 0 Å². The van der Waals surface area contributed by atoms with Crippen LogP contribution in [0.2, 0.25) is 0 Å². The first-order valence-corrected chi connectivity index (χ1v) is 5.20. The summed E-state index contributed by atoms with van der Waals surface area (Å²) in [5, 5.41) is 8.49. The van der Waals surface area contributed by atoms with Crippen molar-refractivity contribution in [1.82, 2.24) is 4.98 Å². The van der Waals surface area contributed by atoms with Gasteiger partial charge >= 0.3 is 5.97 Å². The predicted molar refractivity (Wildman–Crippen MR) is 66.1 cm³/mol. The van der Waals surface area contributed by atoms with E-state index in [-0.39, 0.29) is 0 Å². The smallest absolute Gasteiger partial charge is 0.328 e. The van der Waals surface area contributed by atoms with Crippen LogP contribution in [0.15, 0.2) is 24.4 Å². The first kappa shape index (κ1) is 13.2. The van der Waals surface area contributed by atoms with Gasteiger partial charge in [-0.15, -0.1) is 0 Å². The fourth-order valence-corrected chi connectivity index (χ4v) is 1.23. The van der Waals surface area contributed by atoms with Gasteiger partial charge in [0.2, 0.25) is 0 Å². The molecule has 0 aliphatic heterocycles. The van der Waals surface area contributed by atoms with Gasteiger partial charge in [-0.05, 0) is 23.8 Å². The maximum Gasteiger partial charge on any atom is 0.328 e. The number of ether oxygens (including phenoxy) is 1. The second-order valence-electron chi connectivity index (χ2n) is 3.54. The van der Waals surface area contributed by atoms with Crippen LogP contribution in [-0.4, -0.2) is 43.4 Å². The Hall–Kier alpha value is -1.88. The zero-order valence-electron chi connectivity index (χ0n) is 9.96. The lowest BCUT2D eigenvalue weighted by atomic mass is 10.2. The molecule has 1 aromatic rings. The first-order valence-electron chi connectivity index (χ1n) is 5.20. The molecule has 1 heterocycles. The molecule has 0 amide bonds. The number of carboxylic acids is 1. The standard InChI is InChI=1S/C12H16N2O3/c1-14(7-8-17-2)11-5-3-10(9-13-11)4-6-12(15)16/h3-6,9H,7-8H2,1-2H3,(H,15,16)/b6-4+. The van der Waals surface area contributed by atoms with E-state index in [0.717, 1.165) is 24.0 Å². The Morgan fingerprint density at radius 2 is 2.35 bits per heavy atom. The van der Waals surface area contributed by atoms with Gasteiger partial charge in [0, 0.05) is 33.0 Å². The van der Waals surface area contributed by atoms with Gasteiger partial charge in [-0.2, -0.15) is 0 Å². The van der Waals surface area contributed by atoms with E-state index in [1.165, 1.54) is 6.08 Å². The number of hydrogen-bond donors (Lipinski definition) is 1. The minimum absolute atomic E-state index is 0.638. The van der Waals surface area contributed by atoms with Crippen molar-refractivity contribution in [3.8, 4) is 0 Å². The second-order valence-corrected chi connectivity index (χ2v) is 3.54. The summed E-state index contributed by atoms with van der Waals surface area (Å²) in [6.07, 6.45) is 4.23. The number of methoxy groups -OCH3 is 1. The molecule has 0 fully saturated rings. The largest absolute Gasteiger partial charge is 0.478 e. The second kappa shape index (κ2) is 6.65. The van der Waals surface area contributed by atoms with Crippen LogP contribution in [0.3, 0.4) is 0 Å². The molecule has 92 valence electrons. The molecular formula is C12H16N2O3. The van der Waals surface area contributed by atoms with Gasteiger partial charge in [0.25, 0.3) is 0 Å². The van der Waals surface area contributed by atoms with Crippen molar-refractivity contribution in [3.05, 3.63) is 30.0 Å². The normalized spacial score (nSPS) is 10.7. The van der Waals surface area contributed by atoms with E-state index in [9.17, 15) is 4.79 Å². The minimum Gasteiger partial charge on any atom is -0.478 e. The maximum absolute atomic E-state index is 10.3. The molecule has 0 spiro atoms. The van der Waals surface area contributed by atoms with Crippen LogP contribution in [0.25, 0.3) is 6.08 Å². The zero-order valence-corrected chi connectivity index (χ0v) is 9.96. The van der Waals surface area contributed by atoms with Gasteiger partial charge in [-0.3, -0.25) is 0 Å². The number of likely N-dealkylation sites (N-methyl/N-ethyl adjacent to an activating group) is 1. The van der Waals surface area contributed by atoms with Crippen LogP contribution in [0.1, 0.15) is 5.56 Å². The van der Waals surface area contributed by atoms with Crippen molar-refractivity contribution >= 4 is 17.9 Å². The lowest BCUT2D eigenvalue weighted by Gasteiger charge is -2.17. The van der Waals surface area contributed by atoms with Crippen molar-refractivity contribution in [2.75, 3.05) is 32.2 Å². The molecule has 0 radical (unpaired) electrons. The summed E-state index contributed by atoms with van der Waals surface area (Å²) in [5.74, 6) is -0.138. The van der Waals surface area contributed by atoms with E-state index in [1.807, 2.05) is 24.1 Å². The van der Waals surface area contributed by atoms with E-state index < -0.39 is 5.97 Å². The van der Waals surface area contributed by atoms with E-state index in [0.29, 0.717) is 6.61 Å². The Kier molecular flexibility index (Phi) is 5.16. The number of aliphatic carboxylic acids is 1. The Balaban J connectivity index is 2.64. The molecule has 0 unspecified atom stereocenters. The number of rotatable bonds is 6. The summed E-state index contributed by atoms with van der Waals surface area (Å²) in [6, 6.07) is 3.67. The molecule has 0 atom stereocenters. The lowest BCUT2D eigenvalue weighted by molar-refractivity contribution is -0.131. The van der Waals surface area contributed by atoms with Crippen molar-refractivity contribution in [2.24, 2.45) is 0 Å². The Morgan fingerprint density at radius 1 is 1.59 bits per heavy atom. The third-order valence-electron chi connectivity index (χ3n) is 2.21. The Morgan fingerprint density at radius 3 is 2.88 bits per heavy atom. The number of hydrogen-bond acceptors (Lipinski definition) is 4. The van der Waals surface area contributed by atoms with Crippen molar-refractivity contribution in [3.63, 3.8) is 0 Å². The van der Waals surface area contributed by atoms with Crippen LogP contribution in [-0.2, 0) is 9.53 Å². The van der Waals surface area contributed by atoms with Gasteiger partial charge < -0.3 is 14.7 Å². The van der Waals surface area contributed by atoms with E-state index in [4.69, 9.17) is 9.84 Å². The minimum atomic E-state index is -0.966. The summed E-state index contributed by atoms with van der Waals surface area (Å²) >= 11 is 0. The maximum atomic E-state index is 10.3. The molecule has 5 heteroatoms. The number of carboxylic acid groups (broad SMARTS) is 1. The number of carbonyl (C=O) groups is 1. The zero-order chi connectivity index (χ0) is 12.7. The first-order chi connectivity index (χ1) is 8.13. The summed E-state index contributed by atoms with van der Waals surface area (Å²) in [6.45, 7) is 1.40. The number of anilines is 1. The molecule has 0 saturated carbocycles. The van der Waals surface area contributed by atoms with Gasteiger partial charge in [0.15, 0.2) is 0 Å². The fourth-order valence-electron chi connectivity index (χ4n) is 1.23. The number of aromatic nitrogens is 1. The highest BCUT2D eigenvalue weighted by Crippen LogP contribution is 2.10. The Labute approximate surface area is 100 Å². The molecular weight excluding hydrogens is 220 g/mol. The average Bonchev–Trinajstić information content (AvgIpc) is 2.34. The number of nitrogens with zero attached hydrogens (tertiary/aromatic N) is 2. The van der Waals surface area contributed by atoms with Crippen LogP contribution < -0.4 is 4.90 Å². The average molecular weight is 236 g/mol. The molecule has 1 rings (SSSR count). The molecule has 17 heavy (non-hydrogen) atoms. The Bertz CT molecular complexity index is 387. The molecule has 0 aromatic carbocycles. The molecule has 1 N–H and O–H groups in total. The molecule has 1 aromatic heterocycles. The molecule has 0 bridgehead atoms. The van der Waals surface area contributed by atoms with Gasteiger partial charge in [0.05, 0.1) is 6.61 Å². The molecule has 0 aliphatic carbocycles. The van der Waals surface area contributed by atoms with Gasteiger partial charge in [-0.1, -0.05) is 0 Å². The third kappa shape index (κ3) is 4.65. The number of pyridine rings is 1. The summed E-state index contributed by atoms with van der Waals surface area (Å²) in [4.78, 5) is 16.5. The highest BCUT2D eigenvalue weighted by molar-refractivity contribution is 5.85. The molecule has 5 nitrogen and oxygen atoms in total. The predicted octanol–water partition coefficient (Wildman–Crippen LogP) is 1.26. The highest BCUT2D eigenvalue weighted by atomic mass is 16.5.